The third-order valence-corrected chi connectivity index (χ3v) is 5.59. The third kappa shape index (κ3) is 3.34. The monoisotopic (exact) mass is 369 g/mol. The molecule has 0 radical (unpaired) electrons. The number of nitrogens with one attached hydrogen (secondary N) is 1. The fraction of sp³-hybridized carbons (Fsp3) is 0.524. The molecule has 1 aromatic carbocycles. The number of imidazole rings is 1. The Morgan fingerprint density at radius 3 is 2.30 bits per heavy atom. The topological polar surface area (TPSA) is 56.8 Å². The summed E-state index contributed by atoms with van der Waals surface area (Å²) < 4.78 is 5.65. The molecule has 0 amide bonds. The smallest absolute Gasteiger partial charge is 0.306 e. The highest BCUT2D eigenvalue weighted by Gasteiger charge is 2.18. The number of rotatable bonds is 7. The Labute approximate surface area is 160 Å². The molecule has 2 heterocycles. The highest BCUT2D eigenvalue weighted by Crippen LogP contribution is 2.24. The molecule has 1 atom stereocenters. The van der Waals surface area contributed by atoms with Gasteiger partial charge in [0, 0.05) is 44.0 Å². The lowest BCUT2D eigenvalue weighted by atomic mass is 10.0. The number of nitrogens with zero attached hydrogens (tertiary/aromatic N) is 4. The van der Waals surface area contributed by atoms with Gasteiger partial charge in [-0.3, -0.25) is 13.8 Å². The zero-order valence-corrected chi connectivity index (χ0v) is 17.3. The van der Waals surface area contributed by atoms with Gasteiger partial charge in [-0.1, -0.05) is 13.0 Å². The zero-order valence-electron chi connectivity index (χ0n) is 17.3. The first-order valence-electron chi connectivity index (χ1n) is 9.88. The van der Waals surface area contributed by atoms with Gasteiger partial charge in [0.1, 0.15) is 0 Å². The normalized spacial score (nSPS) is 12.8. The molecule has 6 heteroatoms. The Morgan fingerprint density at radius 2 is 1.74 bits per heavy atom. The molecule has 0 saturated heterocycles. The van der Waals surface area contributed by atoms with Gasteiger partial charge in [-0.15, -0.1) is 0 Å². The minimum atomic E-state index is 0.0770. The lowest BCUT2D eigenvalue weighted by molar-refractivity contribution is 0.514. The van der Waals surface area contributed by atoms with Crippen LogP contribution in [0.4, 0.5) is 0 Å². The van der Waals surface area contributed by atoms with Gasteiger partial charge in [0.25, 0.3) is 0 Å². The van der Waals surface area contributed by atoms with Crippen molar-refractivity contribution in [2.45, 2.75) is 66.7 Å². The van der Waals surface area contributed by atoms with Crippen LogP contribution in [0, 0.1) is 13.8 Å². The van der Waals surface area contributed by atoms with Crippen LogP contribution in [0.25, 0.3) is 11.0 Å². The van der Waals surface area contributed by atoms with E-state index in [1.165, 1.54) is 16.8 Å². The average Bonchev–Trinajstić information content (AvgIpc) is 3.07. The van der Waals surface area contributed by atoms with E-state index in [2.05, 4.69) is 49.4 Å². The van der Waals surface area contributed by atoms with E-state index in [4.69, 9.17) is 0 Å². The molecule has 1 N–H and O–H groups in total. The van der Waals surface area contributed by atoms with Gasteiger partial charge < -0.3 is 5.32 Å². The molecule has 3 aromatic rings. The van der Waals surface area contributed by atoms with Crippen molar-refractivity contribution in [3.63, 3.8) is 0 Å². The molecular formula is C21H31N5O. The van der Waals surface area contributed by atoms with Gasteiger partial charge in [-0.2, -0.15) is 5.10 Å². The Hall–Kier alpha value is -2.34. The predicted octanol–water partition coefficient (Wildman–Crippen LogP) is 3.43. The molecule has 1 unspecified atom stereocenters. The van der Waals surface area contributed by atoms with Crippen LogP contribution in [0.1, 0.15) is 55.7 Å². The summed E-state index contributed by atoms with van der Waals surface area (Å²) >= 11 is 0. The van der Waals surface area contributed by atoms with Crippen LogP contribution < -0.4 is 11.0 Å². The number of aromatic nitrogens is 4. The lowest BCUT2D eigenvalue weighted by Crippen LogP contribution is -2.23. The van der Waals surface area contributed by atoms with Gasteiger partial charge >= 0.3 is 5.69 Å². The molecule has 0 aliphatic heterocycles. The number of aryl methyl sites for hydroxylation is 4. The van der Waals surface area contributed by atoms with Crippen LogP contribution in [-0.4, -0.2) is 18.9 Å². The molecule has 3 rings (SSSR count). The van der Waals surface area contributed by atoms with Crippen LogP contribution in [0.2, 0.25) is 0 Å². The summed E-state index contributed by atoms with van der Waals surface area (Å²) in [7, 11) is 1.99. The Bertz CT molecular complexity index is 1010. The number of hydrogen-bond acceptors (Lipinski definition) is 3. The van der Waals surface area contributed by atoms with Gasteiger partial charge in [0.05, 0.1) is 16.7 Å². The first-order chi connectivity index (χ1) is 12.9. The van der Waals surface area contributed by atoms with Crippen molar-refractivity contribution in [3.8, 4) is 0 Å². The number of fused-ring (bicyclic) bond motifs is 1. The largest absolute Gasteiger partial charge is 0.329 e. The summed E-state index contributed by atoms with van der Waals surface area (Å²) in [4.78, 5) is 12.5. The van der Waals surface area contributed by atoms with E-state index in [0.717, 1.165) is 29.7 Å². The molecule has 0 spiro atoms. The van der Waals surface area contributed by atoms with Crippen LogP contribution >= 0.6 is 0 Å². The minimum absolute atomic E-state index is 0.0770. The fourth-order valence-electron chi connectivity index (χ4n) is 4.07. The van der Waals surface area contributed by atoms with Gasteiger partial charge in [-0.05, 0) is 51.8 Å². The maximum Gasteiger partial charge on any atom is 0.329 e. The Balaban J connectivity index is 1.89. The summed E-state index contributed by atoms with van der Waals surface area (Å²) in [5.41, 5.74) is 6.89. The van der Waals surface area contributed by atoms with Crippen molar-refractivity contribution in [3.05, 3.63) is 51.2 Å². The van der Waals surface area contributed by atoms with E-state index in [1.54, 1.807) is 0 Å². The van der Waals surface area contributed by atoms with E-state index in [1.807, 2.05) is 34.7 Å². The molecule has 6 nitrogen and oxygen atoms in total. The molecule has 146 valence electrons. The maximum atomic E-state index is 12.5. The van der Waals surface area contributed by atoms with Crippen LogP contribution in [-0.2, 0) is 26.7 Å². The highest BCUT2D eigenvalue weighted by atomic mass is 16.1. The summed E-state index contributed by atoms with van der Waals surface area (Å²) in [6.45, 7) is 12.6. The van der Waals surface area contributed by atoms with Crippen molar-refractivity contribution in [2.75, 3.05) is 0 Å². The molecule has 0 aliphatic rings. The quantitative estimate of drug-likeness (QED) is 0.694. The summed E-state index contributed by atoms with van der Waals surface area (Å²) in [5.74, 6) is 0. The molecule has 27 heavy (non-hydrogen) atoms. The van der Waals surface area contributed by atoms with Crippen LogP contribution in [0.3, 0.4) is 0 Å². The van der Waals surface area contributed by atoms with E-state index < -0.39 is 0 Å². The molecule has 0 bridgehead atoms. The number of hydrogen-bond donors (Lipinski definition) is 1. The van der Waals surface area contributed by atoms with Gasteiger partial charge in [0.15, 0.2) is 0 Å². The molecule has 0 aliphatic carbocycles. The molecular weight excluding hydrogens is 338 g/mol. The molecule has 0 fully saturated rings. The van der Waals surface area contributed by atoms with E-state index in [0.29, 0.717) is 13.1 Å². The maximum absolute atomic E-state index is 12.5. The Kier molecular flexibility index (Phi) is 5.56. The van der Waals surface area contributed by atoms with E-state index in [9.17, 15) is 4.79 Å². The predicted molar refractivity (Wildman–Crippen MR) is 110 cm³/mol. The van der Waals surface area contributed by atoms with Crippen LogP contribution in [0.5, 0.6) is 0 Å². The lowest BCUT2D eigenvalue weighted by Gasteiger charge is -2.18. The SMILES string of the molecule is CCC(NCc1ccc2c(c1)n(CC)c(=O)n2CC)c1c(C)nn(C)c1C. The van der Waals surface area contributed by atoms with Crippen molar-refractivity contribution < 1.29 is 0 Å². The zero-order chi connectivity index (χ0) is 19.7. The number of benzene rings is 1. The van der Waals surface area contributed by atoms with Gasteiger partial charge in [0.2, 0.25) is 0 Å². The second kappa shape index (κ2) is 7.72. The fourth-order valence-corrected chi connectivity index (χ4v) is 4.07. The van der Waals surface area contributed by atoms with Crippen molar-refractivity contribution in [2.24, 2.45) is 7.05 Å². The van der Waals surface area contributed by atoms with Crippen molar-refractivity contribution in [1.82, 2.24) is 24.2 Å². The second-order valence-electron chi connectivity index (χ2n) is 7.14. The summed E-state index contributed by atoms with van der Waals surface area (Å²) in [5, 5.41) is 8.24. The third-order valence-electron chi connectivity index (χ3n) is 5.59. The van der Waals surface area contributed by atoms with E-state index >= 15 is 0 Å². The summed E-state index contributed by atoms with van der Waals surface area (Å²) in [6.07, 6.45) is 1.00. The van der Waals surface area contributed by atoms with Crippen molar-refractivity contribution >= 4 is 11.0 Å². The van der Waals surface area contributed by atoms with E-state index in [-0.39, 0.29) is 11.7 Å². The van der Waals surface area contributed by atoms with Crippen molar-refractivity contribution in [1.29, 1.82) is 0 Å². The molecule has 2 aromatic heterocycles. The first-order valence-corrected chi connectivity index (χ1v) is 9.88. The average molecular weight is 370 g/mol. The standard InChI is InChI=1S/C21H31N5O/c1-7-17(20-14(4)23-24(6)15(20)5)22-13-16-10-11-18-19(12-16)26(9-3)21(27)25(18)8-2/h10-12,17,22H,7-9,13H2,1-6H3. The molecule has 0 saturated carbocycles. The van der Waals surface area contributed by atoms with Crippen LogP contribution in [0.15, 0.2) is 23.0 Å². The summed E-state index contributed by atoms with van der Waals surface area (Å²) in [6, 6.07) is 6.61. The van der Waals surface area contributed by atoms with Gasteiger partial charge in [-0.25, -0.2) is 4.79 Å². The first kappa shape index (κ1) is 19.4. The Morgan fingerprint density at radius 1 is 1.07 bits per heavy atom. The second-order valence-corrected chi connectivity index (χ2v) is 7.14. The minimum Gasteiger partial charge on any atom is -0.306 e. The highest BCUT2D eigenvalue weighted by molar-refractivity contribution is 5.77.